The van der Waals surface area contributed by atoms with Gasteiger partial charge in [0.2, 0.25) is 0 Å². The number of nitrogens with zero attached hydrogens (tertiary/aromatic N) is 3. The summed E-state index contributed by atoms with van der Waals surface area (Å²) >= 11 is 12.3. The van der Waals surface area contributed by atoms with Crippen LogP contribution < -0.4 is 9.62 Å². The first-order valence-corrected chi connectivity index (χ1v) is 13.8. The van der Waals surface area contributed by atoms with E-state index in [0.29, 0.717) is 33.3 Å². The number of rotatable bonds is 6. The smallest absolute Gasteiger partial charge is 0.354 e. The highest BCUT2D eigenvalue weighted by atomic mass is 35.5. The number of aromatic nitrogens is 2. The third-order valence-electron chi connectivity index (χ3n) is 6.49. The molecule has 1 unspecified atom stereocenters. The lowest BCUT2D eigenvalue weighted by Gasteiger charge is -2.22. The predicted molar refractivity (Wildman–Crippen MR) is 142 cm³/mol. The van der Waals surface area contributed by atoms with Crippen LogP contribution in [0, 0.1) is 0 Å². The maximum atomic E-state index is 12.9. The highest BCUT2D eigenvalue weighted by Gasteiger charge is 2.47. The standard InChI is InChI=1S/C26H21Cl2F3N4O2S/c27-19-6-1-16(2-7-19)24(17-3-8-20(28)9-4-17)18-5-10-23-22(13-18)25(33-15-32-23)35-12-11-21(14-35)34-38(36,37)26(29,30)31/h1-10,13,15,21,24,34H,11-12,14H2. The van der Waals surface area contributed by atoms with Gasteiger partial charge in [0.25, 0.3) is 0 Å². The quantitative estimate of drug-likeness (QED) is 0.277. The minimum atomic E-state index is -5.44. The van der Waals surface area contributed by atoms with Gasteiger partial charge >= 0.3 is 15.5 Å². The van der Waals surface area contributed by atoms with Gasteiger partial charge in [-0.15, -0.1) is 0 Å². The van der Waals surface area contributed by atoms with Gasteiger partial charge in [-0.25, -0.2) is 23.1 Å². The molecule has 3 aromatic carbocycles. The minimum absolute atomic E-state index is 0.0451. The molecule has 5 rings (SSSR count). The molecule has 1 saturated heterocycles. The Labute approximate surface area is 227 Å². The molecule has 0 saturated carbocycles. The highest BCUT2D eigenvalue weighted by Crippen LogP contribution is 2.36. The van der Waals surface area contributed by atoms with E-state index in [2.05, 4.69) is 9.97 Å². The maximum absolute atomic E-state index is 12.9. The number of alkyl halides is 3. The van der Waals surface area contributed by atoms with E-state index in [9.17, 15) is 21.6 Å². The lowest BCUT2D eigenvalue weighted by atomic mass is 9.84. The van der Waals surface area contributed by atoms with Crippen LogP contribution in [0.25, 0.3) is 10.9 Å². The van der Waals surface area contributed by atoms with Gasteiger partial charge in [0.05, 0.1) is 5.52 Å². The fourth-order valence-electron chi connectivity index (χ4n) is 4.72. The van der Waals surface area contributed by atoms with Gasteiger partial charge in [-0.3, -0.25) is 0 Å². The van der Waals surface area contributed by atoms with E-state index in [-0.39, 0.29) is 18.9 Å². The van der Waals surface area contributed by atoms with Gasteiger partial charge in [-0.1, -0.05) is 53.5 Å². The first-order chi connectivity index (χ1) is 18.0. The van der Waals surface area contributed by atoms with E-state index in [1.807, 2.05) is 66.7 Å². The first kappa shape index (κ1) is 26.7. The molecule has 38 heavy (non-hydrogen) atoms. The fourth-order valence-corrected chi connectivity index (χ4v) is 5.73. The Bertz CT molecular complexity index is 1520. The predicted octanol–water partition coefficient (Wildman–Crippen LogP) is 6.13. The van der Waals surface area contributed by atoms with Crippen molar-refractivity contribution in [3.63, 3.8) is 0 Å². The number of benzene rings is 3. The largest absolute Gasteiger partial charge is 0.511 e. The van der Waals surface area contributed by atoms with E-state index in [1.54, 1.807) is 9.62 Å². The van der Waals surface area contributed by atoms with Crippen LogP contribution in [0.5, 0.6) is 0 Å². The Kier molecular flexibility index (Phi) is 7.25. The minimum Gasteiger partial charge on any atom is -0.354 e. The summed E-state index contributed by atoms with van der Waals surface area (Å²) in [5, 5.41) is 1.93. The Morgan fingerprint density at radius 2 is 1.47 bits per heavy atom. The molecule has 1 aromatic heterocycles. The molecule has 1 atom stereocenters. The monoisotopic (exact) mass is 580 g/mol. The number of fused-ring (bicyclic) bond motifs is 1. The molecular weight excluding hydrogens is 560 g/mol. The van der Waals surface area contributed by atoms with Gasteiger partial charge in [0.1, 0.15) is 12.1 Å². The van der Waals surface area contributed by atoms with E-state index >= 15 is 0 Å². The average Bonchev–Trinajstić information content (AvgIpc) is 3.33. The number of hydrogen-bond acceptors (Lipinski definition) is 5. The van der Waals surface area contributed by atoms with Crippen molar-refractivity contribution < 1.29 is 21.6 Å². The van der Waals surface area contributed by atoms with Crippen molar-refractivity contribution in [2.24, 2.45) is 0 Å². The summed E-state index contributed by atoms with van der Waals surface area (Å²) in [6.07, 6.45) is 1.60. The molecule has 1 aliphatic rings. The highest BCUT2D eigenvalue weighted by molar-refractivity contribution is 7.90. The van der Waals surface area contributed by atoms with E-state index in [4.69, 9.17) is 23.2 Å². The third kappa shape index (κ3) is 5.44. The van der Waals surface area contributed by atoms with Gasteiger partial charge in [0, 0.05) is 40.5 Å². The Morgan fingerprint density at radius 1 is 0.895 bits per heavy atom. The summed E-state index contributed by atoms with van der Waals surface area (Å²) in [5.41, 5.74) is -1.78. The summed E-state index contributed by atoms with van der Waals surface area (Å²) in [6.45, 7) is 0.378. The van der Waals surface area contributed by atoms with Crippen molar-refractivity contribution in [1.82, 2.24) is 14.7 Å². The zero-order chi connectivity index (χ0) is 27.1. The Hall–Kier alpha value is -2.92. The number of hydrogen-bond donors (Lipinski definition) is 1. The molecule has 0 aliphatic carbocycles. The van der Waals surface area contributed by atoms with Crippen molar-refractivity contribution >= 4 is 49.9 Å². The molecule has 2 heterocycles. The second kappa shape index (κ2) is 10.3. The van der Waals surface area contributed by atoms with E-state index < -0.39 is 21.6 Å². The average molecular weight is 581 g/mol. The van der Waals surface area contributed by atoms with Gasteiger partial charge in [-0.05, 0) is 59.5 Å². The summed E-state index contributed by atoms with van der Waals surface area (Å²) < 4.78 is 63.5. The summed E-state index contributed by atoms with van der Waals surface area (Å²) in [6, 6.07) is 20.0. The lowest BCUT2D eigenvalue weighted by Crippen LogP contribution is -2.43. The van der Waals surface area contributed by atoms with Gasteiger partial charge in [-0.2, -0.15) is 13.2 Å². The second-order valence-corrected chi connectivity index (χ2v) is 11.6. The molecule has 1 N–H and O–H groups in total. The molecule has 6 nitrogen and oxygen atoms in total. The zero-order valence-electron chi connectivity index (χ0n) is 19.7. The number of sulfonamides is 1. The first-order valence-electron chi connectivity index (χ1n) is 11.6. The maximum Gasteiger partial charge on any atom is 0.511 e. The topological polar surface area (TPSA) is 75.2 Å². The van der Waals surface area contributed by atoms with Crippen LogP contribution in [0.3, 0.4) is 0 Å². The van der Waals surface area contributed by atoms with Crippen LogP contribution in [-0.2, 0) is 10.0 Å². The van der Waals surface area contributed by atoms with Crippen molar-refractivity contribution in [2.75, 3.05) is 18.0 Å². The van der Waals surface area contributed by atoms with Crippen LogP contribution in [0.2, 0.25) is 10.0 Å². The molecule has 198 valence electrons. The molecule has 0 amide bonds. The van der Waals surface area contributed by atoms with Crippen molar-refractivity contribution in [3.05, 3.63) is 99.8 Å². The number of nitrogens with one attached hydrogen (secondary N) is 1. The Morgan fingerprint density at radius 3 is 2.05 bits per heavy atom. The molecule has 0 bridgehead atoms. The molecule has 1 aliphatic heterocycles. The Balaban J connectivity index is 1.52. The molecule has 4 aromatic rings. The third-order valence-corrected chi connectivity index (χ3v) is 8.25. The molecule has 12 heteroatoms. The van der Waals surface area contributed by atoms with Gasteiger partial charge < -0.3 is 4.90 Å². The summed E-state index contributed by atoms with van der Waals surface area (Å²) in [7, 11) is -5.44. The van der Waals surface area contributed by atoms with Crippen molar-refractivity contribution in [2.45, 2.75) is 23.9 Å². The van der Waals surface area contributed by atoms with Crippen LogP contribution in [0.15, 0.2) is 73.1 Å². The van der Waals surface area contributed by atoms with E-state index in [0.717, 1.165) is 16.7 Å². The van der Waals surface area contributed by atoms with Crippen molar-refractivity contribution in [3.8, 4) is 0 Å². The van der Waals surface area contributed by atoms with Crippen LogP contribution in [0.4, 0.5) is 19.0 Å². The summed E-state index contributed by atoms with van der Waals surface area (Å²) in [5.74, 6) is 0.350. The normalized spacial score (nSPS) is 16.5. The zero-order valence-corrected chi connectivity index (χ0v) is 22.0. The number of anilines is 1. The summed E-state index contributed by atoms with van der Waals surface area (Å²) in [4.78, 5) is 10.6. The van der Waals surface area contributed by atoms with Crippen molar-refractivity contribution in [1.29, 1.82) is 0 Å². The molecule has 1 fully saturated rings. The number of halogens is 5. The molecular formula is C26H21Cl2F3N4O2S. The fraction of sp³-hybridized carbons (Fsp3) is 0.231. The lowest BCUT2D eigenvalue weighted by molar-refractivity contribution is -0.0450. The molecule has 0 spiro atoms. The SMILES string of the molecule is O=S(=O)(NC1CCN(c2ncnc3ccc(C(c4ccc(Cl)cc4)c4ccc(Cl)cc4)cc23)C1)C(F)(F)F. The van der Waals surface area contributed by atoms with E-state index in [1.165, 1.54) is 6.33 Å². The van der Waals surface area contributed by atoms with Crippen LogP contribution in [-0.4, -0.2) is 43.0 Å². The van der Waals surface area contributed by atoms with Crippen LogP contribution in [0.1, 0.15) is 29.0 Å². The van der Waals surface area contributed by atoms with Crippen LogP contribution >= 0.6 is 23.2 Å². The molecule has 0 radical (unpaired) electrons. The van der Waals surface area contributed by atoms with Gasteiger partial charge in [0.15, 0.2) is 0 Å². The second-order valence-electron chi connectivity index (χ2n) is 9.01.